The van der Waals surface area contributed by atoms with Gasteiger partial charge in [0.2, 0.25) is 0 Å². The maximum atomic E-state index is 15.1. The Morgan fingerprint density at radius 3 is 2.53 bits per heavy atom. The minimum atomic E-state index is -0.701. The van der Waals surface area contributed by atoms with E-state index in [0.29, 0.717) is 17.0 Å². The van der Waals surface area contributed by atoms with Gasteiger partial charge in [0.25, 0.3) is 0 Å². The molecule has 0 unspecified atom stereocenters. The highest BCUT2D eigenvalue weighted by Crippen LogP contribution is 2.39. The summed E-state index contributed by atoms with van der Waals surface area (Å²) >= 11 is 1.45. The van der Waals surface area contributed by atoms with Crippen LogP contribution in [0.3, 0.4) is 0 Å². The van der Waals surface area contributed by atoms with Gasteiger partial charge in [-0.2, -0.15) is 0 Å². The van der Waals surface area contributed by atoms with E-state index in [-0.39, 0.29) is 24.5 Å². The van der Waals surface area contributed by atoms with Crippen molar-refractivity contribution in [3.05, 3.63) is 96.3 Å². The van der Waals surface area contributed by atoms with E-state index in [4.69, 9.17) is 4.74 Å². The van der Waals surface area contributed by atoms with Crippen LogP contribution in [0.4, 0.5) is 29.7 Å². The summed E-state index contributed by atoms with van der Waals surface area (Å²) < 4.78 is 35.1. The standard InChI is InChI=1S/C31H26F2N6O3S/c1-37(2)18-19-3-9-24(35-17-19)28-16-25-29(43-28)27(11-12-34-25)42-26-10-6-21(15-23(26)33)36-30(40)39-14-13-38(31(39)41)22-7-4-20(32)5-8-22/h3-12,15-17H,13-14,18H2,1-2H3,(H,36,40). The molecule has 4 heterocycles. The number of carbonyl (C=O) groups excluding carboxylic acids is 2. The third kappa shape index (κ3) is 6.01. The summed E-state index contributed by atoms with van der Waals surface area (Å²) in [6.07, 6.45) is 3.44. The highest BCUT2D eigenvalue weighted by molar-refractivity contribution is 7.22. The zero-order valence-corrected chi connectivity index (χ0v) is 24.1. The van der Waals surface area contributed by atoms with Gasteiger partial charge in [0.05, 0.1) is 27.3 Å². The van der Waals surface area contributed by atoms with E-state index in [1.165, 1.54) is 52.6 Å². The first-order valence-corrected chi connectivity index (χ1v) is 14.2. The topological polar surface area (TPSA) is 90.9 Å². The number of hydrogen-bond donors (Lipinski definition) is 1. The molecule has 4 amide bonds. The van der Waals surface area contributed by atoms with Crippen LogP contribution < -0.4 is 15.0 Å². The molecule has 12 heteroatoms. The van der Waals surface area contributed by atoms with E-state index in [1.807, 2.05) is 38.5 Å². The third-order valence-electron chi connectivity index (χ3n) is 6.75. The fraction of sp³-hybridized carbons (Fsp3) is 0.161. The summed E-state index contributed by atoms with van der Waals surface area (Å²) in [4.78, 5) is 40.0. The van der Waals surface area contributed by atoms with Crippen molar-refractivity contribution in [3.63, 3.8) is 0 Å². The van der Waals surface area contributed by atoms with Gasteiger partial charge in [0.1, 0.15) is 11.6 Å². The van der Waals surface area contributed by atoms with Crippen LogP contribution in [0.1, 0.15) is 5.56 Å². The van der Waals surface area contributed by atoms with Gasteiger partial charge in [-0.1, -0.05) is 6.07 Å². The largest absolute Gasteiger partial charge is 0.453 e. The molecule has 5 aromatic rings. The number of pyridine rings is 2. The number of benzene rings is 2. The van der Waals surface area contributed by atoms with Crippen molar-refractivity contribution >= 4 is 45.0 Å². The molecule has 1 aliphatic rings. The van der Waals surface area contributed by atoms with Crippen LogP contribution in [-0.2, 0) is 6.54 Å². The summed E-state index contributed by atoms with van der Waals surface area (Å²) in [6.45, 7) is 1.17. The van der Waals surface area contributed by atoms with Crippen molar-refractivity contribution in [1.82, 2.24) is 19.8 Å². The Bertz CT molecular complexity index is 1810. The highest BCUT2D eigenvalue weighted by Gasteiger charge is 2.34. The van der Waals surface area contributed by atoms with Crippen LogP contribution in [-0.4, -0.2) is 59.0 Å². The van der Waals surface area contributed by atoms with Crippen LogP contribution in [0.5, 0.6) is 11.5 Å². The van der Waals surface area contributed by atoms with Crippen LogP contribution >= 0.6 is 11.3 Å². The number of nitrogens with one attached hydrogen (secondary N) is 1. The Kier molecular flexibility index (Phi) is 7.70. The average molecular weight is 601 g/mol. The summed E-state index contributed by atoms with van der Waals surface area (Å²) in [7, 11) is 4.00. The van der Waals surface area contributed by atoms with E-state index >= 15 is 4.39 Å². The molecule has 1 saturated heterocycles. The van der Waals surface area contributed by atoms with E-state index in [9.17, 15) is 14.0 Å². The molecule has 0 aliphatic carbocycles. The first-order valence-electron chi connectivity index (χ1n) is 13.4. The molecular weight excluding hydrogens is 574 g/mol. The van der Waals surface area contributed by atoms with Crippen LogP contribution in [0, 0.1) is 11.6 Å². The van der Waals surface area contributed by atoms with Crippen molar-refractivity contribution in [2.24, 2.45) is 0 Å². The Hall–Kier alpha value is -4.94. The number of amides is 4. The molecule has 0 spiro atoms. The Balaban J connectivity index is 1.14. The van der Waals surface area contributed by atoms with Gasteiger partial charge in [-0.15, -0.1) is 11.3 Å². The Morgan fingerprint density at radius 1 is 1.00 bits per heavy atom. The molecule has 1 fully saturated rings. The molecule has 6 rings (SSSR count). The maximum Gasteiger partial charge on any atom is 0.332 e. The van der Waals surface area contributed by atoms with Gasteiger partial charge in [-0.3, -0.25) is 14.9 Å². The van der Waals surface area contributed by atoms with Gasteiger partial charge in [0.15, 0.2) is 11.6 Å². The monoisotopic (exact) mass is 600 g/mol. The number of fused-ring (bicyclic) bond motifs is 1. The molecule has 9 nitrogen and oxygen atoms in total. The van der Waals surface area contributed by atoms with Crippen LogP contribution in [0.15, 0.2) is 79.1 Å². The molecule has 0 radical (unpaired) electrons. The zero-order chi connectivity index (χ0) is 30.1. The number of aromatic nitrogens is 2. The predicted octanol–water partition coefficient (Wildman–Crippen LogP) is 6.96. The first kappa shape index (κ1) is 28.2. The van der Waals surface area contributed by atoms with E-state index < -0.39 is 23.7 Å². The quantitative estimate of drug-likeness (QED) is 0.217. The van der Waals surface area contributed by atoms with E-state index in [1.54, 1.807) is 12.3 Å². The molecule has 3 aromatic heterocycles. The second-order valence-corrected chi connectivity index (χ2v) is 11.2. The molecule has 0 atom stereocenters. The smallest absolute Gasteiger partial charge is 0.332 e. The Labute approximate surface area is 250 Å². The molecule has 1 N–H and O–H groups in total. The van der Waals surface area contributed by atoms with E-state index in [2.05, 4.69) is 20.2 Å². The van der Waals surface area contributed by atoms with Crippen LogP contribution in [0.2, 0.25) is 0 Å². The second-order valence-electron chi connectivity index (χ2n) is 10.2. The van der Waals surface area contributed by atoms with Gasteiger partial charge in [-0.05, 0) is 68.2 Å². The Morgan fingerprint density at radius 2 is 1.81 bits per heavy atom. The average Bonchev–Trinajstić information content (AvgIpc) is 3.59. The minimum absolute atomic E-state index is 0.0358. The van der Waals surface area contributed by atoms with Crippen molar-refractivity contribution in [3.8, 4) is 22.1 Å². The maximum absolute atomic E-state index is 15.1. The summed E-state index contributed by atoms with van der Waals surface area (Å²) in [6, 6.07) is 15.8. The zero-order valence-electron chi connectivity index (χ0n) is 23.3. The molecule has 0 bridgehead atoms. The number of thiophene rings is 1. The van der Waals surface area contributed by atoms with Crippen LogP contribution in [0.25, 0.3) is 20.8 Å². The number of carbonyl (C=O) groups is 2. The summed E-state index contributed by atoms with van der Waals surface area (Å²) in [5.41, 5.74) is 3.24. The lowest BCUT2D eigenvalue weighted by molar-refractivity contribution is 0.209. The predicted molar refractivity (Wildman–Crippen MR) is 162 cm³/mol. The first-order chi connectivity index (χ1) is 20.7. The normalized spacial score (nSPS) is 13.3. The number of hydrogen-bond acceptors (Lipinski definition) is 7. The lowest BCUT2D eigenvalue weighted by Crippen LogP contribution is -2.39. The lowest BCUT2D eigenvalue weighted by atomic mass is 10.2. The summed E-state index contributed by atoms with van der Waals surface area (Å²) in [5, 5.41) is 2.56. The third-order valence-corrected chi connectivity index (χ3v) is 7.91. The number of imide groups is 1. The van der Waals surface area contributed by atoms with Gasteiger partial charge in [0, 0.05) is 49.0 Å². The number of anilines is 2. The molecule has 0 saturated carbocycles. The fourth-order valence-electron chi connectivity index (χ4n) is 4.71. The number of nitrogens with zero attached hydrogens (tertiary/aromatic N) is 5. The summed E-state index contributed by atoms with van der Waals surface area (Å²) in [5.74, 6) is -0.721. The lowest BCUT2D eigenvalue weighted by Gasteiger charge is -2.18. The second kappa shape index (κ2) is 11.7. The van der Waals surface area contributed by atoms with Gasteiger partial charge >= 0.3 is 12.1 Å². The highest BCUT2D eigenvalue weighted by atomic mass is 32.1. The number of ether oxygens (including phenoxy) is 1. The van der Waals surface area contributed by atoms with Gasteiger partial charge < -0.3 is 15.0 Å². The van der Waals surface area contributed by atoms with Crippen molar-refractivity contribution in [2.45, 2.75) is 6.54 Å². The fourth-order valence-corrected chi connectivity index (χ4v) is 5.75. The minimum Gasteiger partial charge on any atom is -0.453 e. The molecular formula is C31H26F2N6O3S. The molecule has 218 valence electrons. The van der Waals surface area contributed by atoms with Crippen molar-refractivity contribution in [1.29, 1.82) is 0 Å². The molecule has 2 aromatic carbocycles. The van der Waals surface area contributed by atoms with Crippen molar-refractivity contribution < 1.29 is 23.1 Å². The van der Waals surface area contributed by atoms with Gasteiger partial charge in [-0.25, -0.2) is 23.3 Å². The molecule has 43 heavy (non-hydrogen) atoms. The SMILES string of the molecule is CN(C)Cc1ccc(-c2cc3nccc(Oc4ccc(NC(=O)N5CCN(c6ccc(F)cc6)C5=O)cc4F)c3s2)nc1. The number of halogens is 2. The number of urea groups is 2. The van der Waals surface area contributed by atoms with E-state index in [0.717, 1.165) is 38.3 Å². The molecule has 1 aliphatic heterocycles. The van der Waals surface area contributed by atoms with Crippen molar-refractivity contribution in [2.75, 3.05) is 37.4 Å². The number of rotatable bonds is 7.